The van der Waals surface area contributed by atoms with Crippen LogP contribution in [0.1, 0.15) is 6.42 Å². The molecule has 0 amide bonds. The minimum atomic E-state index is -4.53. The number of nitriles is 1. The molecule has 0 aliphatic heterocycles. The van der Waals surface area contributed by atoms with Crippen LogP contribution in [0.4, 0.5) is 13.2 Å². The third-order valence-corrected chi connectivity index (χ3v) is 1.96. The number of allylic oxidation sites excluding steroid dienone is 2. The maximum atomic E-state index is 12.4. The highest BCUT2D eigenvalue weighted by Gasteiger charge is 2.38. The molecule has 1 atom stereocenters. The molecule has 0 fully saturated rings. The number of aliphatic imine (C=N–C) groups is 1. The van der Waals surface area contributed by atoms with Crippen molar-refractivity contribution in [1.82, 2.24) is 0 Å². The Kier molecular flexibility index (Phi) is 3.40. The molecule has 1 aliphatic carbocycles. The SMILES string of the molecule is N#CC1=CCC(N=C=S)C=C1C(F)(F)F. The van der Waals surface area contributed by atoms with Gasteiger partial charge in [-0.3, -0.25) is 0 Å². The van der Waals surface area contributed by atoms with Gasteiger partial charge in [0, 0.05) is 0 Å². The summed E-state index contributed by atoms with van der Waals surface area (Å²) in [5, 5.41) is 10.5. The Morgan fingerprint density at radius 3 is 2.67 bits per heavy atom. The van der Waals surface area contributed by atoms with Crippen molar-refractivity contribution >= 4 is 17.4 Å². The Hall–Kier alpha value is -1.44. The molecule has 0 saturated carbocycles. The van der Waals surface area contributed by atoms with Crippen LogP contribution in [0.2, 0.25) is 0 Å². The number of hydrogen-bond donors (Lipinski definition) is 0. The molecule has 78 valence electrons. The highest BCUT2D eigenvalue weighted by atomic mass is 32.1. The van der Waals surface area contributed by atoms with Gasteiger partial charge in [0.25, 0.3) is 0 Å². The highest BCUT2D eigenvalue weighted by Crippen LogP contribution is 2.34. The summed E-state index contributed by atoms with van der Waals surface area (Å²) in [5.74, 6) is 0. The fourth-order valence-corrected chi connectivity index (χ4v) is 1.34. The van der Waals surface area contributed by atoms with Crippen LogP contribution in [0.3, 0.4) is 0 Å². The van der Waals surface area contributed by atoms with Crippen LogP contribution < -0.4 is 0 Å². The molecule has 6 heteroatoms. The molecule has 0 bridgehead atoms. The third kappa shape index (κ3) is 2.75. The minimum Gasteiger partial charge on any atom is -0.225 e. The average Bonchev–Trinajstić information content (AvgIpc) is 2.17. The van der Waals surface area contributed by atoms with E-state index in [0.717, 1.165) is 6.08 Å². The first-order chi connectivity index (χ1) is 6.99. The van der Waals surface area contributed by atoms with E-state index in [9.17, 15) is 13.2 Å². The van der Waals surface area contributed by atoms with Crippen LogP contribution in [-0.2, 0) is 0 Å². The van der Waals surface area contributed by atoms with Crippen molar-refractivity contribution in [3.8, 4) is 6.07 Å². The van der Waals surface area contributed by atoms with Crippen LogP contribution in [0.25, 0.3) is 0 Å². The van der Waals surface area contributed by atoms with Gasteiger partial charge in [-0.15, -0.1) is 0 Å². The summed E-state index contributed by atoms with van der Waals surface area (Å²) in [4.78, 5) is 3.55. The van der Waals surface area contributed by atoms with Gasteiger partial charge >= 0.3 is 6.18 Å². The summed E-state index contributed by atoms with van der Waals surface area (Å²) >= 11 is 4.31. The lowest BCUT2D eigenvalue weighted by molar-refractivity contribution is -0.0894. The van der Waals surface area contributed by atoms with Crippen LogP contribution in [0, 0.1) is 11.3 Å². The maximum absolute atomic E-state index is 12.4. The second kappa shape index (κ2) is 4.39. The first-order valence-electron chi connectivity index (χ1n) is 3.95. The zero-order valence-electron chi connectivity index (χ0n) is 7.38. The molecular formula is C9H5F3N2S. The van der Waals surface area contributed by atoms with Gasteiger partial charge in [0.05, 0.1) is 28.4 Å². The molecular weight excluding hydrogens is 225 g/mol. The van der Waals surface area contributed by atoms with E-state index in [1.54, 1.807) is 0 Å². The maximum Gasteiger partial charge on any atom is 0.417 e. The van der Waals surface area contributed by atoms with Crippen LogP contribution >= 0.6 is 12.2 Å². The Morgan fingerprint density at radius 2 is 2.20 bits per heavy atom. The summed E-state index contributed by atoms with van der Waals surface area (Å²) in [6, 6.07) is 0.838. The van der Waals surface area contributed by atoms with Crippen molar-refractivity contribution in [1.29, 1.82) is 5.26 Å². The number of thiocarbonyl (C=S) groups is 1. The predicted octanol–water partition coefficient (Wildman–Crippen LogP) is 2.80. The standard InChI is InChI=1S/C9H5F3N2S/c10-9(11,12)8-3-7(14-5-15)2-1-6(8)4-13/h1,3,7H,2H2. The topological polar surface area (TPSA) is 36.1 Å². The highest BCUT2D eigenvalue weighted by molar-refractivity contribution is 7.78. The van der Waals surface area contributed by atoms with Gasteiger partial charge in [-0.25, -0.2) is 4.99 Å². The number of alkyl halides is 3. The second-order valence-corrected chi connectivity index (χ2v) is 3.01. The lowest BCUT2D eigenvalue weighted by atomic mass is 9.95. The largest absolute Gasteiger partial charge is 0.417 e. The lowest BCUT2D eigenvalue weighted by Crippen LogP contribution is -2.19. The fourth-order valence-electron chi connectivity index (χ4n) is 1.21. The Bertz CT molecular complexity index is 408. The summed E-state index contributed by atoms with van der Waals surface area (Å²) in [6.07, 6.45) is -2.18. The van der Waals surface area contributed by atoms with Crippen molar-refractivity contribution in [3.05, 3.63) is 23.3 Å². The van der Waals surface area contributed by atoms with E-state index < -0.39 is 17.8 Å². The zero-order valence-corrected chi connectivity index (χ0v) is 8.19. The third-order valence-electron chi connectivity index (χ3n) is 1.86. The number of halogens is 3. The van der Waals surface area contributed by atoms with E-state index in [1.807, 2.05) is 5.16 Å². The van der Waals surface area contributed by atoms with Crippen molar-refractivity contribution in [2.75, 3.05) is 0 Å². The molecule has 0 aromatic carbocycles. The summed E-state index contributed by atoms with van der Waals surface area (Å²) < 4.78 is 37.3. The molecule has 0 aromatic heterocycles. The average molecular weight is 230 g/mol. The number of nitrogens with zero attached hydrogens (tertiary/aromatic N) is 2. The van der Waals surface area contributed by atoms with E-state index in [0.29, 0.717) is 0 Å². The molecule has 1 unspecified atom stereocenters. The van der Waals surface area contributed by atoms with Gasteiger partial charge in [-0.1, -0.05) is 6.08 Å². The van der Waals surface area contributed by atoms with Crippen LogP contribution in [0.15, 0.2) is 28.3 Å². The Labute approximate surface area is 89.4 Å². The minimum absolute atomic E-state index is 0.242. The van der Waals surface area contributed by atoms with Crippen molar-refractivity contribution < 1.29 is 13.2 Å². The lowest BCUT2D eigenvalue weighted by Gasteiger charge is -2.17. The fraction of sp³-hybridized carbons (Fsp3) is 0.333. The number of hydrogen-bond acceptors (Lipinski definition) is 3. The van der Waals surface area contributed by atoms with Crippen molar-refractivity contribution in [3.63, 3.8) is 0 Å². The molecule has 0 N–H and O–H groups in total. The molecule has 0 heterocycles. The quantitative estimate of drug-likeness (QED) is 0.513. The Balaban J connectivity index is 3.10. The normalized spacial score (nSPS) is 20.8. The van der Waals surface area contributed by atoms with E-state index in [2.05, 4.69) is 17.2 Å². The molecule has 0 aromatic rings. The Morgan fingerprint density at radius 1 is 1.53 bits per heavy atom. The molecule has 1 aliphatic rings. The first-order valence-corrected chi connectivity index (χ1v) is 4.36. The number of rotatable bonds is 1. The summed E-state index contributed by atoms with van der Waals surface area (Å²) in [6.45, 7) is 0. The van der Waals surface area contributed by atoms with Gasteiger partial charge < -0.3 is 0 Å². The van der Waals surface area contributed by atoms with Crippen LogP contribution in [0.5, 0.6) is 0 Å². The smallest absolute Gasteiger partial charge is 0.225 e. The molecule has 0 spiro atoms. The molecule has 15 heavy (non-hydrogen) atoms. The van der Waals surface area contributed by atoms with Gasteiger partial charge in [0.2, 0.25) is 0 Å². The first kappa shape index (κ1) is 11.6. The summed E-state index contributed by atoms with van der Waals surface area (Å²) in [7, 11) is 0. The van der Waals surface area contributed by atoms with Gasteiger partial charge in [0.15, 0.2) is 0 Å². The summed E-state index contributed by atoms with van der Waals surface area (Å²) in [5.41, 5.74) is -1.31. The zero-order chi connectivity index (χ0) is 11.5. The molecule has 0 saturated heterocycles. The van der Waals surface area contributed by atoms with Crippen molar-refractivity contribution in [2.24, 2.45) is 4.99 Å². The van der Waals surface area contributed by atoms with E-state index in [1.165, 1.54) is 12.1 Å². The monoisotopic (exact) mass is 230 g/mol. The number of isothiocyanates is 1. The van der Waals surface area contributed by atoms with Gasteiger partial charge in [-0.2, -0.15) is 18.4 Å². The predicted molar refractivity (Wildman–Crippen MR) is 51.3 cm³/mol. The van der Waals surface area contributed by atoms with Gasteiger partial charge in [-0.05, 0) is 24.7 Å². The van der Waals surface area contributed by atoms with Crippen LogP contribution in [-0.4, -0.2) is 17.4 Å². The second-order valence-electron chi connectivity index (χ2n) is 2.83. The molecule has 1 rings (SSSR count). The van der Waals surface area contributed by atoms with Crippen molar-refractivity contribution in [2.45, 2.75) is 18.6 Å². The van der Waals surface area contributed by atoms with E-state index in [-0.39, 0.29) is 12.0 Å². The molecule has 0 radical (unpaired) electrons. The van der Waals surface area contributed by atoms with Gasteiger partial charge in [0.1, 0.15) is 0 Å². The van der Waals surface area contributed by atoms with E-state index >= 15 is 0 Å². The molecule has 2 nitrogen and oxygen atoms in total. The van der Waals surface area contributed by atoms with E-state index in [4.69, 9.17) is 5.26 Å².